The second kappa shape index (κ2) is 10.0. The van der Waals surface area contributed by atoms with Crippen LogP contribution in [0.5, 0.6) is 0 Å². The maximum atomic E-state index is 8.51. The van der Waals surface area contributed by atoms with Crippen LogP contribution >= 0.6 is 11.8 Å². The molecule has 1 heterocycles. The fourth-order valence-electron chi connectivity index (χ4n) is 1.67. The van der Waals surface area contributed by atoms with Gasteiger partial charge in [-0.2, -0.15) is 17.0 Å². The maximum absolute atomic E-state index is 8.51. The van der Waals surface area contributed by atoms with Crippen molar-refractivity contribution in [1.82, 2.24) is 20.5 Å². The van der Waals surface area contributed by atoms with Crippen molar-refractivity contribution in [3.05, 3.63) is 29.6 Å². The van der Waals surface area contributed by atoms with Crippen molar-refractivity contribution >= 4 is 17.7 Å². The van der Waals surface area contributed by atoms with Crippen LogP contribution in [-0.4, -0.2) is 49.3 Å². The van der Waals surface area contributed by atoms with E-state index in [1.807, 2.05) is 26.4 Å². The van der Waals surface area contributed by atoms with Gasteiger partial charge in [-0.05, 0) is 26.2 Å². The number of thioether (sulfide) groups is 1. The first-order chi connectivity index (χ1) is 10.2. The van der Waals surface area contributed by atoms with Gasteiger partial charge in [-0.25, -0.2) is 0 Å². The molecule has 0 spiro atoms. The van der Waals surface area contributed by atoms with E-state index in [0.717, 1.165) is 36.0 Å². The number of pyridine rings is 1. The Labute approximate surface area is 130 Å². The Morgan fingerprint density at radius 1 is 1.43 bits per heavy atom. The number of nitrogens with one attached hydrogen (secondary N) is 2. The van der Waals surface area contributed by atoms with Gasteiger partial charge >= 0.3 is 0 Å². The smallest absolute Gasteiger partial charge is 0.204 e. The summed E-state index contributed by atoms with van der Waals surface area (Å²) < 4.78 is 0. The van der Waals surface area contributed by atoms with Crippen LogP contribution in [0.25, 0.3) is 0 Å². The maximum Gasteiger partial charge on any atom is 0.204 e. The van der Waals surface area contributed by atoms with Crippen molar-refractivity contribution in [3.63, 3.8) is 0 Å². The lowest BCUT2D eigenvalue weighted by molar-refractivity contribution is 0.396. The Hall–Kier alpha value is -1.78. The number of nitrogens with zero attached hydrogens (tertiary/aromatic N) is 4. The first kappa shape index (κ1) is 17.3. The summed E-state index contributed by atoms with van der Waals surface area (Å²) >= 11 is 1.80. The topological polar surface area (TPSA) is 76.3 Å². The highest BCUT2D eigenvalue weighted by Gasteiger charge is 2.00. The first-order valence-electron chi connectivity index (χ1n) is 6.68. The summed E-state index contributed by atoms with van der Waals surface area (Å²) in [5.41, 5.74) is 2.19. The highest BCUT2D eigenvalue weighted by atomic mass is 32.2. The van der Waals surface area contributed by atoms with Crippen LogP contribution in [0.15, 0.2) is 23.2 Å². The van der Waals surface area contributed by atoms with E-state index in [2.05, 4.69) is 37.6 Å². The monoisotopic (exact) mass is 306 g/mol. The Kier molecular flexibility index (Phi) is 8.24. The lowest BCUT2D eigenvalue weighted by atomic mass is 10.3. The third kappa shape index (κ3) is 7.54. The number of nitriles is 1. The van der Waals surface area contributed by atoms with Crippen molar-refractivity contribution < 1.29 is 0 Å². The van der Waals surface area contributed by atoms with Crippen molar-refractivity contribution in [2.45, 2.75) is 12.3 Å². The van der Waals surface area contributed by atoms with Crippen molar-refractivity contribution in [2.75, 3.05) is 33.4 Å². The van der Waals surface area contributed by atoms with E-state index in [9.17, 15) is 0 Å². The van der Waals surface area contributed by atoms with Gasteiger partial charge in [-0.1, -0.05) is 6.07 Å². The molecule has 21 heavy (non-hydrogen) atoms. The molecule has 0 saturated carbocycles. The van der Waals surface area contributed by atoms with Crippen molar-refractivity contribution in [3.8, 4) is 6.19 Å². The molecule has 0 radical (unpaired) electrons. The summed E-state index contributed by atoms with van der Waals surface area (Å²) in [4.78, 5) is 10.7. The molecule has 0 unspecified atom stereocenters. The third-order valence-electron chi connectivity index (χ3n) is 2.53. The van der Waals surface area contributed by atoms with Gasteiger partial charge in [-0.15, -0.1) is 0 Å². The lowest BCUT2D eigenvalue weighted by Gasteiger charge is -2.10. The predicted molar refractivity (Wildman–Crippen MR) is 87.9 cm³/mol. The Morgan fingerprint density at radius 3 is 2.86 bits per heavy atom. The van der Waals surface area contributed by atoms with Crippen LogP contribution in [0.4, 0.5) is 0 Å². The fraction of sp³-hybridized carbons (Fsp3) is 0.500. The van der Waals surface area contributed by atoms with E-state index in [1.165, 1.54) is 0 Å². The van der Waals surface area contributed by atoms with Crippen LogP contribution in [0.3, 0.4) is 0 Å². The van der Waals surface area contributed by atoms with Gasteiger partial charge in [0.15, 0.2) is 6.19 Å². The highest BCUT2D eigenvalue weighted by molar-refractivity contribution is 7.98. The molecular weight excluding hydrogens is 284 g/mol. The van der Waals surface area contributed by atoms with E-state index in [0.29, 0.717) is 5.96 Å². The number of aliphatic imine (C=N–C) groups is 1. The summed E-state index contributed by atoms with van der Waals surface area (Å²) in [6.07, 6.45) is 1.84. The molecule has 114 valence electrons. The molecule has 6 nitrogen and oxygen atoms in total. The standard InChI is InChI=1S/C14H22N6S/c1-16-14(18-11-15)17-7-8-21-10-13-6-4-5-12(19-13)9-20(2)3/h4-6H,7-10H2,1-3H3,(H2,16,17,18). The zero-order valence-corrected chi connectivity index (χ0v) is 13.6. The van der Waals surface area contributed by atoms with Gasteiger partial charge in [0.05, 0.1) is 11.4 Å². The zero-order chi connectivity index (χ0) is 15.5. The Balaban J connectivity index is 2.28. The molecule has 0 aliphatic carbocycles. The van der Waals surface area contributed by atoms with Gasteiger partial charge < -0.3 is 10.2 Å². The van der Waals surface area contributed by atoms with E-state index in [4.69, 9.17) is 5.26 Å². The van der Waals surface area contributed by atoms with E-state index in [1.54, 1.807) is 18.8 Å². The fourth-order valence-corrected chi connectivity index (χ4v) is 2.43. The molecule has 1 rings (SSSR count). The van der Waals surface area contributed by atoms with Crippen LogP contribution in [0.1, 0.15) is 11.4 Å². The summed E-state index contributed by atoms with van der Waals surface area (Å²) in [6.45, 7) is 1.61. The van der Waals surface area contributed by atoms with Crippen LogP contribution in [0, 0.1) is 11.5 Å². The highest BCUT2D eigenvalue weighted by Crippen LogP contribution is 2.10. The quantitative estimate of drug-likeness (QED) is 0.257. The lowest BCUT2D eigenvalue weighted by Crippen LogP contribution is -2.35. The summed E-state index contributed by atoms with van der Waals surface area (Å²) in [5, 5.41) is 14.1. The molecule has 0 aliphatic heterocycles. The van der Waals surface area contributed by atoms with Gasteiger partial charge in [-0.3, -0.25) is 15.3 Å². The molecule has 0 bridgehead atoms. The minimum atomic E-state index is 0.504. The molecule has 0 saturated heterocycles. The molecule has 1 aromatic heterocycles. The molecule has 0 fully saturated rings. The summed E-state index contributed by atoms with van der Waals surface area (Å²) in [5.74, 6) is 2.31. The van der Waals surface area contributed by atoms with Crippen molar-refractivity contribution in [1.29, 1.82) is 5.26 Å². The number of rotatable bonds is 7. The second-order valence-electron chi connectivity index (χ2n) is 4.65. The second-order valence-corrected chi connectivity index (χ2v) is 5.75. The van der Waals surface area contributed by atoms with Gasteiger partial charge in [0.1, 0.15) is 0 Å². The van der Waals surface area contributed by atoms with E-state index < -0.39 is 0 Å². The molecule has 0 aromatic carbocycles. The zero-order valence-electron chi connectivity index (χ0n) is 12.8. The SMILES string of the molecule is CN=C(NC#N)NCCSCc1cccc(CN(C)C)n1. The number of hydrogen-bond acceptors (Lipinski definition) is 5. The van der Waals surface area contributed by atoms with Gasteiger partial charge in [0, 0.05) is 31.6 Å². The molecule has 0 amide bonds. The first-order valence-corrected chi connectivity index (χ1v) is 7.84. The minimum absolute atomic E-state index is 0.504. The van der Waals surface area contributed by atoms with Crippen molar-refractivity contribution in [2.24, 2.45) is 4.99 Å². The molecular formula is C14H22N6S. The molecule has 1 aromatic rings. The van der Waals surface area contributed by atoms with Crippen LogP contribution in [-0.2, 0) is 12.3 Å². The number of aromatic nitrogens is 1. The average Bonchev–Trinajstić information content (AvgIpc) is 2.45. The summed E-state index contributed by atoms with van der Waals surface area (Å²) in [6, 6.07) is 6.15. The van der Waals surface area contributed by atoms with E-state index >= 15 is 0 Å². The predicted octanol–water partition coefficient (Wildman–Crippen LogP) is 1.02. The molecule has 7 heteroatoms. The molecule has 2 N–H and O–H groups in total. The summed E-state index contributed by atoms with van der Waals surface area (Å²) in [7, 11) is 5.72. The number of guanidine groups is 1. The Bertz CT molecular complexity index is 494. The van der Waals surface area contributed by atoms with Gasteiger partial charge in [0.2, 0.25) is 5.96 Å². The largest absolute Gasteiger partial charge is 0.355 e. The molecule has 0 aliphatic rings. The molecule has 0 atom stereocenters. The number of hydrogen-bond donors (Lipinski definition) is 2. The van der Waals surface area contributed by atoms with Gasteiger partial charge in [0.25, 0.3) is 0 Å². The van der Waals surface area contributed by atoms with E-state index in [-0.39, 0.29) is 0 Å². The average molecular weight is 306 g/mol. The normalized spacial score (nSPS) is 11.3. The minimum Gasteiger partial charge on any atom is -0.355 e. The van der Waals surface area contributed by atoms with Crippen LogP contribution in [0.2, 0.25) is 0 Å². The van der Waals surface area contributed by atoms with Crippen LogP contribution < -0.4 is 10.6 Å². The Morgan fingerprint density at radius 2 is 2.19 bits per heavy atom. The third-order valence-corrected chi connectivity index (χ3v) is 3.52.